The van der Waals surface area contributed by atoms with E-state index in [1.165, 1.54) is 10.3 Å². The van der Waals surface area contributed by atoms with Crippen LogP contribution in [0.5, 0.6) is 0 Å². The van der Waals surface area contributed by atoms with Gasteiger partial charge in [0.1, 0.15) is 6.07 Å². The highest BCUT2D eigenvalue weighted by molar-refractivity contribution is 9.08. The summed E-state index contributed by atoms with van der Waals surface area (Å²) in [6.07, 6.45) is 0. The van der Waals surface area contributed by atoms with Crippen molar-refractivity contribution in [3.05, 3.63) is 59.7 Å². The molecule has 0 aliphatic rings. The van der Waals surface area contributed by atoms with Crippen molar-refractivity contribution >= 4 is 37.4 Å². The zero-order chi connectivity index (χ0) is 13.2. The molecule has 0 radical (unpaired) electrons. The van der Waals surface area contributed by atoms with Crippen LogP contribution in [0.15, 0.2) is 48.5 Å². The van der Waals surface area contributed by atoms with Gasteiger partial charge in [0.2, 0.25) is 0 Å². The van der Waals surface area contributed by atoms with Crippen LogP contribution in [0.4, 0.5) is 0 Å². The number of halogens is 1. The van der Waals surface area contributed by atoms with Crippen molar-refractivity contribution in [2.24, 2.45) is 0 Å². The maximum Gasteiger partial charge on any atom is 0.101 e. The standard InChI is InChI=1S/C16H10BrNS/c17-9-11-5-7-12(8-6-11)16-14(10-18)13-3-1-2-4-15(13)19-16/h1-8H,9H2. The summed E-state index contributed by atoms with van der Waals surface area (Å²) >= 11 is 5.13. The predicted octanol–water partition coefficient (Wildman–Crippen LogP) is 5.33. The van der Waals surface area contributed by atoms with Crippen LogP contribution >= 0.6 is 27.3 Å². The SMILES string of the molecule is N#Cc1c(-c2ccc(CBr)cc2)sc2ccccc12. The molecule has 3 rings (SSSR count). The maximum atomic E-state index is 9.42. The van der Waals surface area contributed by atoms with E-state index < -0.39 is 0 Å². The lowest BCUT2D eigenvalue weighted by Gasteiger charge is -2.00. The molecule has 0 aliphatic heterocycles. The molecule has 0 bridgehead atoms. The van der Waals surface area contributed by atoms with Gasteiger partial charge in [0.25, 0.3) is 0 Å². The van der Waals surface area contributed by atoms with Crippen LogP contribution in [-0.2, 0) is 5.33 Å². The minimum Gasteiger partial charge on any atom is -0.192 e. The highest BCUT2D eigenvalue weighted by atomic mass is 79.9. The smallest absolute Gasteiger partial charge is 0.101 e. The first-order valence-electron chi connectivity index (χ1n) is 5.90. The lowest BCUT2D eigenvalue weighted by atomic mass is 10.1. The van der Waals surface area contributed by atoms with Crippen molar-refractivity contribution < 1.29 is 0 Å². The summed E-state index contributed by atoms with van der Waals surface area (Å²) in [6, 6.07) is 18.8. The molecule has 3 aromatic rings. The molecule has 19 heavy (non-hydrogen) atoms. The van der Waals surface area contributed by atoms with Gasteiger partial charge in [-0.1, -0.05) is 58.4 Å². The van der Waals surface area contributed by atoms with Crippen LogP contribution in [0.25, 0.3) is 20.5 Å². The summed E-state index contributed by atoms with van der Waals surface area (Å²) in [7, 11) is 0. The van der Waals surface area contributed by atoms with Gasteiger partial charge in [-0.15, -0.1) is 11.3 Å². The summed E-state index contributed by atoms with van der Waals surface area (Å²) in [4.78, 5) is 1.06. The number of fused-ring (bicyclic) bond motifs is 1. The van der Waals surface area contributed by atoms with Crippen LogP contribution in [0.3, 0.4) is 0 Å². The second-order valence-corrected chi connectivity index (χ2v) is 5.86. The Labute approximate surface area is 124 Å². The molecule has 0 N–H and O–H groups in total. The zero-order valence-electron chi connectivity index (χ0n) is 10.1. The Balaban J connectivity index is 2.21. The molecule has 92 valence electrons. The van der Waals surface area contributed by atoms with Crippen molar-refractivity contribution in [2.45, 2.75) is 5.33 Å². The lowest BCUT2D eigenvalue weighted by molar-refractivity contribution is 1.44. The fourth-order valence-corrected chi connectivity index (χ4v) is 3.64. The molecule has 1 aromatic heterocycles. The fraction of sp³-hybridized carbons (Fsp3) is 0.0625. The Bertz CT molecular complexity index is 766. The first-order valence-corrected chi connectivity index (χ1v) is 7.84. The third-order valence-electron chi connectivity index (χ3n) is 3.08. The molecule has 0 saturated heterocycles. The molecule has 3 heteroatoms. The molecule has 0 atom stereocenters. The molecule has 0 spiro atoms. The first-order chi connectivity index (χ1) is 9.33. The third kappa shape index (κ3) is 2.18. The number of rotatable bonds is 2. The summed E-state index contributed by atoms with van der Waals surface area (Å²) in [5.74, 6) is 0. The normalized spacial score (nSPS) is 10.5. The van der Waals surface area contributed by atoms with Crippen LogP contribution in [-0.4, -0.2) is 0 Å². The minimum atomic E-state index is 0.784. The van der Waals surface area contributed by atoms with Gasteiger partial charge >= 0.3 is 0 Å². The molecule has 1 heterocycles. The topological polar surface area (TPSA) is 23.8 Å². The first kappa shape index (κ1) is 12.4. The molecule has 0 unspecified atom stereocenters. The molecule has 2 aromatic carbocycles. The maximum absolute atomic E-state index is 9.42. The molecule has 0 fully saturated rings. The average Bonchev–Trinajstić information content (AvgIpc) is 2.85. The molecule has 0 saturated carbocycles. The number of nitriles is 1. The van der Waals surface area contributed by atoms with Gasteiger partial charge in [-0.25, -0.2) is 0 Å². The van der Waals surface area contributed by atoms with Gasteiger partial charge in [-0.3, -0.25) is 0 Å². The van der Waals surface area contributed by atoms with Crippen molar-refractivity contribution in [3.8, 4) is 16.5 Å². The molecule has 0 aliphatic carbocycles. The molecule has 0 amide bonds. The number of hydrogen-bond acceptors (Lipinski definition) is 2. The van der Waals surface area contributed by atoms with Gasteiger partial charge in [0.15, 0.2) is 0 Å². The van der Waals surface area contributed by atoms with E-state index in [2.05, 4.69) is 52.3 Å². The van der Waals surface area contributed by atoms with Crippen LogP contribution < -0.4 is 0 Å². The summed E-state index contributed by atoms with van der Waals surface area (Å²) < 4.78 is 1.17. The van der Waals surface area contributed by atoms with E-state index in [4.69, 9.17) is 0 Å². The second-order valence-electron chi connectivity index (χ2n) is 4.24. The summed E-state index contributed by atoms with van der Waals surface area (Å²) in [6.45, 7) is 0. The van der Waals surface area contributed by atoms with E-state index in [0.717, 1.165) is 26.7 Å². The van der Waals surface area contributed by atoms with Crippen LogP contribution in [0.1, 0.15) is 11.1 Å². The number of nitrogens with zero attached hydrogens (tertiary/aromatic N) is 1. The largest absolute Gasteiger partial charge is 0.192 e. The average molecular weight is 328 g/mol. The van der Waals surface area contributed by atoms with E-state index in [0.29, 0.717) is 0 Å². The monoisotopic (exact) mass is 327 g/mol. The predicted molar refractivity (Wildman–Crippen MR) is 84.6 cm³/mol. The quantitative estimate of drug-likeness (QED) is 0.583. The van der Waals surface area contributed by atoms with Crippen LogP contribution in [0, 0.1) is 11.3 Å². The minimum absolute atomic E-state index is 0.784. The Morgan fingerprint density at radius 1 is 1.05 bits per heavy atom. The van der Waals surface area contributed by atoms with Crippen molar-refractivity contribution in [3.63, 3.8) is 0 Å². The van der Waals surface area contributed by atoms with E-state index >= 15 is 0 Å². The van der Waals surface area contributed by atoms with E-state index in [9.17, 15) is 5.26 Å². The van der Waals surface area contributed by atoms with Crippen molar-refractivity contribution in [1.82, 2.24) is 0 Å². The van der Waals surface area contributed by atoms with Gasteiger partial charge in [-0.05, 0) is 17.2 Å². The molecular weight excluding hydrogens is 318 g/mol. The van der Waals surface area contributed by atoms with Crippen molar-refractivity contribution in [1.29, 1.82) is 5.26 Å². The third-order valence-corrected chi connectivity index (χ3v) is 4.95. The number of benzene rings is 2. The van der Waals surface area contributed by atoms with Gasteiger partial charge in [0.05, 0.1) is 10.4 Å². The summed E-state index contributed by atoms with van der Waals surface area (Å²) in [5, 5.41) is 11.3. The second kappa shape index (κ2) is 5.16. The number of alkyl halides is 1. The Kier molecular flexibility index (Phi) is 3.37. The van der Waals surface area contributed by atoms with Crippen molar-refractivity contribution in [2.75, 3.05) is 0 Å². The summed E-state index contributed by atoms with van der Waals surface area (Å²) in [5.41, 5.74) is 3.14. The van der Waals surface area contributed by atoms with E-state index in [-0.39, 0.29) is 0 Å². The lowest BCUT2D eigenvalue weighted by Crippen LogP contribution is -1.80. The zero-order valence-corrected chi connectivity index (χ0v) is 12.5. The van der Waals surface area contributed by atoms with Crippen LogP contribution in [0.2, 0.25) is 0 Å². The van der Waals surface area contributed by atoms with Gasteiger partial charge in [0, 0.05) is 15.4 Å². The fourth-order valence-electron chi connectivity index (χ4n) is 2.10. The Morgan fingerprint density at radius 2 is 1.79 bits per heavy atom. The van der Waals surface area contributed by atoms with E-state index in [1.807, 2.05) is 18.2 Å². The highest BCUT2D eigenvalue weighted by Crippen LogP contribution is 2.38. The Morgan fingerprint density at radius 3 is 2.47 bits per heavy atom. The highest BCUT2D eigenvalue weighted by Gasteiger charge is 2.12. The molecular formula is C16H10BrNS. The number of hydrogen-bond donors (Lipinski definition) is 0. The van der Waals surface area contributed by atoms with Gasteiger partial charge in [-0.2, -0.15) is 5.26 Å². The number of thiophene rings is 1. The van der Waals surface area contributed by atoms with Gasteiger partial charge < -0.3 is 0 Å². The molecule has 1 nitrogen and oxygen atoms in total. The van der Waals surface area contributed by atoms with E-state index in [1.54, 1.807) is 11.3 Å². The Hall–Kier alpha value is -1.63.